The van der Waals surface area contributed by atoms with Gasteiger partial charge in [0.2, 0.25) is 0 Å². The number of thiazole rings is 1. The molecule has 0 aliphatic carbocycles. The number of hydrogen-bond donors (Lipinski definition) is 3. The second-order valence-corrected chi connectivity index (χ2v) is 5.09. The lowest BCUT2D eigenvalue weighted by Gasteiger charge is -2.12. The molecule has 0 radical (unpaired) electrons. The molecule has 1 aromatic rings. The third-order valence-electron chi connectivity index (χ3n) is 2.51. The van der Waals surface area contributed by atoms with Gasteiger partial charge in [0, 0.05) is 31.0 Å². The zero-order chi connectivity index (χ0) is 13.4. The number of aryl methyl sites for hydroxylation is 1. The van der Waals surface area contributed by atoms with Gasteiger partial charge in [0.25, 0.3) is 0 Å². The van der Waals surface area contributed by atoms with Crippen LogP contribution in [0.1, 0.15) is 31.0 Å². The van der Waals surface area contributed by atoms with Gasteiger partial charge in [-0.3, -0.25) is 0 Å². The van der Waals surface area contributed by atoms with Gasteiger partial charge in [-0.15, -0.1) is 11.3 Å². The smallest absolute Gasteiger partial charge is 0.315 e. The van der Waals surface area contributed by atoms with E-state index < -0.39 is 0 Å². The highest BCUT2D eigenvalue weighted by molar-refractivity contribution is 7.09. The third kappa shape index (κ3) is 5.46. The van der Waals surface area contributed by atoms with E-state index in [4.69, 9.17) is 5.11 Å². The molecule has 0 saturated heterocycles. The molecular formula is C12H21N3O2S. The van der Waals surface area contributed by atoms with Crippen molar-refractivity contribution in [3.63, 3.8) is 0 Å². The molecule has 102 valence electrons. The highest BCUT2D eigenvalue weighted by atomic mass is 32.1. The molecular weight excluding hydrogens is 250 g/mol. The highest BCUT2D eigenvalue weighted by Gasteiger charge is 2.06. The maximum atomic E-state index is 11.5. The van der Waals surface area contributed by atoms with E-state index in [0.717, 1.165) is 23.5 Å². The van der Waals surface area contributed by atoms with Crippen LogP contribution >= 0.6 is 11.3 Å². The summed E-state index contributed by atoms with van der Waals surface area (Å²) in [7, 11) is 0. The summed E-state index contributed by atoms with van der Waals surface area (Å²) >= 11 is 1.66. The van der Waals surface area contributed by atoms with Gasteiger partial charge in [-0.2, -0.15) is 0 Å². The average Bonchev–Trinajstić information content (AvgIpc) is 2.77. The molecule has 0 aliphatic heterocycles. The summed E-state index contributed by atoms with van der Waals surface area (Å²) in [6, 6.07) is -0.206. The number of rotatable bonds is 7. The molecule has 1 aromatic heterocycles. The van der Waals surface area contributed by atoms with Gasteiger partial charge < -0.3 is 15.7 Å². The van der Waals surface area contributed by atoms with Crippen molar-refractivity contribution in [1.29, 1.82) is 0 Å². The molecule has 3 N–H and O–H groups in total. The van der Waals surface area contributed by atoms with Gasteiger partial charge in [-0.25, -0.2) is 9.78 Å². The van der Waals surface area contributed by atoms with Crippen LogP contribution < -0.4 is 10.6 Å². The molecule has 0 aliphatic rings. The summed E-state index contributed by atoms with van der Waals surface area (Å²) < 4.78 is 0. The van der Waals surface area contributed by atoms with E-state index in [1.54, 1.807) is 11.3 Å². The van der Waals surface area contributed by atoms with Crippen molar-refractivity contribution in [2.75, 3.05) is 13.2 Å². The number of urea groups is 1. The van der Waals surface area contributed by atoms with E-state index in [1.807, 2.05) is 12.3 Å². The van der Waals surface area contributed by atoms with Crippen LogP contribution in [0.2, 0.25) is 0 Å². The number of nitrogens with zero attached hydrogens (tertiary/aromatic N) is 1. The van der Waals surface area contributed by atoms with E-state index in [1.165, 1.54) is 0 Å². The van der Waals surface area contributed by atoms with Crippen molar-refractivity contribution in [1.82, 2.24) is 15.6 Å². The van der Waals surface area contributed by atoms with Crippen molar-refractivity contribution in [2.24, 2.45) is 0 Å². The van der Waals surface area contributed by atoms with Gasteiger partial charge >= 0.3 is 6.03 Å². The molecule has 0 aromatic carbocycles. The van der Waals surface area contributed by atoms with Crippen molar-refractivity contribution in [2.45, 2.75) is 39.2 Å². The van der Waals surface area contributed by atoms with Crippen molar-refractivity contribution in [3.8, 4) is 0 Å². The number of hydrogen-bond acceptors (Lipinski definition) is 4. The van der Waals surface area contributed by atoms with E-state index in [0.29, 0.717) is 13.0 Å². The quantitative estimate of drug-likeness (QED) is 0.700. The Hall–Kier alpha value is -1.14. The molecule has 0 fully saturated rings. The summed E-state index contributed by atoms with van der Waals surface area (Å²) in [6.45, 7) is 4.60. The predicted octanol–water partition coefficient (Wildman–Crippen LogP) is 1.32. The summed E-state index contributed by atoms with van der Waals surface area (Å²) in [4.78, 5) is 15.9. The minimum atomic E-state index is -0.193. The fraction of sp³-hybridized carbons (Fsp3) is 0.667. The number of nitrogens with one attached hydrogen (secondary N) is 2. The van der Waals surface area contributed by atoms with Crippen LogP contribution in [-0.2, 0) is 12.8 Å². The number of carbonyl (C=O) groups excluding carboxylic acids is 1. The fourth-order valence-corrected chi connectivity index (χ4v) is 2.25. The Morgan fingerprint density at radius 2 is 2.39 bits per heavy atom. The third-order valence-corrected chi connectivity index (χ3v) is 3.55. The van der Waals surface area contributed by atoms with Crippen LogP contribution in [0.3, 0.4) is 0 Å². The first-order valence-corrected chi connectivity index (χ1v) is 7.12. The normalized spacial score (nSPS) is 12.2. The topological polar surface area (TPSA) is 74.2 Å². The fourth-order valence-electron chi connectivity index (χ4n) is 1.47. The van der Waals surface area contributed by atoms with Crippen molar-refractivity contribution < 1.29 is 9.90 Å². The second-order valence-electron chi connectivity index (χ2n) is 4.15. The maximum absolute atomic E-state index is 11.5. The molecule has 0 saturated carbocycles. The molecule has 0 spiro atoms. The largest absolute Gasteiger partial charge is 0.396 e. The number of amides is 2. The first-order valence-electron chi connectivity index (χ1n) is 6.24. The molecule has 0 bridgehead atoms. The lowest BCUT2D eigenvalue weighted by molar-refractivity contribution is 0.231. The van der Waals surface area contributed by atoms with E-state index in [-0.39, 0.29) is 18.7 Å². The van der Waals surface area contributed by atoms with E-state index in [2.05, 4.69) is 22.5 Å². The van der Waals surface area contributed by atoms with Crippen LogP contribution in [0.25, 0.3) is 0 Å². The van der Waals surface area contributed by atoms with Crippen LogP contribution in [0, 0.1) is 0 Å². The molecule has 5 nitrogen and oxygen atoms in total. The van der Waals surface area contributed by atoms with Gasteiger partial charge in [0.15, 0.2) is 0 Å². The highest BCUT2D eigenvalue weighted by Crippen LogP contribution is 2.10. The summed E-state index contributed by atoms with van der Waals surface area (Å²) in [5.74, 6) is 0. The van der Waals surface area contributed by atoms with Gasteiger partial charge in [0.1, 0.15) is 0 Å². The minimum absolute atomic E-state index is 0.0130. The molecule has 1 heterocycles. The van der Waals surface area contributed by atoms with E-state index in [9.17, 15) is 4.79 Å². The Kier molecular flexibility index (Phi) is 6.67. The number of aromatic nitrogens is 1. The summed E-state index contributed by atoms with van der Waals surface area (Å²) in [6.07, 6.45) is 2.27. The Bertz CT molecular complexity index is 368. The Morgan fingerprint density at radius 1 is 1.61 bits per heavy atom. The van der Waals surface area contributed by atoms with Gasteiger partial charge in [-0.05, 0) is 19.8 Å². The van der Waals surface area contributed by atoms with Crippen molar-refractivity contribution in [3.05, 3.63) is 16.1 Å². The lowest BCUT2D eigenvalue weighted by Crippen LogP contribution is -2.41. The van der Waals surface area contributed by atoms with Crippen LogP contribution in [0.4, 0.5) is 4.79 Å². The van der Waals surface area contributed by atoms with Gasteiger partial charge in [0.05, 0.1) is 10.7 Å². The van der Waals surface area contributed by atoms with Crippen LogP contribution in [0.5, 0.6) is 0 Å². The summed E-state index contributed by atoms with van der Waals surface area (Å²) in [5.41, 5.74) is 1.03. The Labute approximate surface area is 112 Å². The zero-order valence-electron chi connectivity index (χ0n) is 10.9. The molecule has 2 amide bonds. The van der Waals surface area contributed by atoms with Gasteiger partial charge in [-0.1, -0.05) is 6.92 Å². The summed E-state index contributed by atoms with van der Waals surface area (Å²) in [5, 5.41) is 17.4. The molecule has 6 heteroatoms. The Morgan fingerprint density at radius 3 is 3.00 bits per heavy atom. The Balaban J connectivity index is 2.18. The second kappa shape index (κ2) is 8.05. The standard InChI is InChI=1S/C12H21N3O2S/c1-3-11-15-10(8-18-11)4-6-13-12(17)14-9(2)5-7-16/h8-9,16H,3-7H2,1-2H3,(H2,13,14,17)/t9-/m1/s1. The van der Waals surface area contributed by atoms with Crippen molar-refractivity contribution >= 4 is 17.4 Å². The minimum Gasteiger partial charge on any atom is -0.396 e. The first-order chi connectivity index (χ1) is 8.65. The van der Waals surface area contributed by atoms with Crippen LogP contribution in [0.15, 0.2) is 5.38 Å². The number of aliphatic hydroxyl groups is 1. The first kappa shape index (κ1) is 14.9. The van der Waals surface area contributed by atoms with E-state index >= 15 is 0 Å². The molecule has 18 heavy (non-hydrogen) atoms. The molecule has 1 atom stereocenters. The molecule has 1 rings (SSSR count). The lowest BCUT2D eigenvalue weighted by atomic mass is 10.2. The zero-order valence-corrected chi connectivity index (χ0v) is 11.7. The number of aliphatic hydroxyl groups excluding tert-OH is 1. The SMILES string of the molecule is CCc1nc(CCNC(=O)N[C@H](C)CCO)cs1. The maximum Gasteiger partial charge on any atom is 0.315 e. The monoisotopic (exact) mass is 271 g/mol. The predicted molar refractivity (Wildman–Crippen MR) is 72.9 cm³/mol. The number of carbonyl (C=O) groups is 1. The van der Waals surface area contributed by atoms with Crippen LogP contribution in [-0.4, -0.2) is 35.3 Å². The molecule has 0 unspecified atom stereocenters. The average molecular weight is 271 g/mol.